The summed E-state index contributed by atoms with van der Waals surface area (Å²) in [5.41, 5.74) is 8.33. The first-order valence-electron chi connectivity index (χ1n) is 6.68. The van der Waals surface area contributed by atoms with Crippen molar-refractivity contribution < 1.29 is 0 Å². The zero-order valence-electron chi connectivity index (χ0n) is 11.4. The lowest BCUT2D eigenvalue weighted by Crippen LogP contribution is -2.26. The number of nitrogens with zero attached hydrogens (tertiary/aromatic N) is 3. The van der Waals surface area contributed by atoms with E-state index in [1.807, 2.05) is 18.2 Å². The van der Waals surface area contributed by atoms with Crippen LogP contribution in [0.4, 0.5) is 5.69 Å². The summed E-state index contributed by atoms with van der Waals surface area (Å²) in [4.78, 5) is 6.30. The standard InChI is InChI=1S/C16H18N4/c17-8-4-10-20(13-14-5-2-1-3-6-14)16-12-19-9-7-15(16)11-18/h1-3,5-7,9,12H,4,8,10,13,17H2. The van der Waals surface area contributed by atoms with E-state index in [0.717, 1.165) is 25.2 Å². The third kappa shape index (κ3) is 3.56. The zero-order valence-corrected chi connectivity index (χ0v) is 11.4. The molecule has 0 unspecified atom stereocenters. The van der Waals surface area contributed by atoms with Crippen molar-refractivity contribution in [3.05, 3.63) is 59.9 Å². The lowest BCUT2D eigenvalue weighted by atomic mass is 10.1. The maximum atomic E-state index is 9.23. The fourth-order valence-corrected chi connectivity index (χ4v) is 2.10. The second-order valence-electron chi connectivity index (χ2n) is 4.55. The Hall–Kier alpha value is -2.38. The molecule has 4 heteroatoms. The lowest BCUT2D eigenvalue weighted by Gasteiger charge is -2.25. The SMILES string of the molecule is N#Cc1ccncc1N(CCCN)Cc1ccccc1. The highest BCUT2D eigenvalue weighted by Gasteiger charge is 2.11. The van der Waals surface area contributed by atoms with Gasteiger partial charge in [-0.1, -0.05) is 30.3 Å². The number of hydrogen-bond acceptors (Lipinski definition) is 4. The Labute approximate surface area is 119 Å². The number of anilines is 1. The van der Waals surface area contributed by atoms with Crippen LogP contribution in [-0.4, -0.2) is 18.1 Å². The molecule has 0 aliphatic carbocycles. The van der Waals surface area contributed by atoms with Crippen LogP contribution >= 0.6 is 0 Å². The molecule has 0 aliphatic heterocycles. The van der Waals surface area contributed by atoms with E-state index in [-0.39, 0.29) is 0 Å². The van der Waals surface area contributed by atoms with Gasteiger partial charge in [-0.05, 0) is 24.6 Å². The van der Waals surface area contributed by atoms with Gasteiger partial charge < -0.3 is 10.6 Å². The molecule has 1 aromatic carbocycles. The molecule has 0 saturated heterocycles. The van der Waals surface area contributed by atoms with Gasteiger partial charge in [-0.2, -0.15) is 5.26 Å². The molecular formula is C16H18N4. The molecule has 0 atom stereocenters. The van der Waals surface area contributed by atoms with E-state index < -0.39 is 0 Å². The summed E-state index contributed by atoms with van der Waals surface area (Å²) in [6.45, 7) is 2.19. The van der Waals surface area contributed by atoms with E-state index >= 15 is 0 Å². The van der Waals surface area contributed by atoms with Crippen molar-refractivity contribution in [2.45, 2.75) is 13.0 Å². The van der Waals surface area contributed by atoms with Crippen molar-refractivity contribution in [1.29, 1.82) is 5.26 Å². The van der Waals surface area contributed by atoms with Gasteiger partial charge in [0.1, 0.15) is 6.07 Å². The van der Waals surface area contributed by atoms with Crippen LogP contribution in [0.5, 0.6) is 0 Å². The summed E-state index contributed by atoms with van der Waals surface area (Å²) in [5.74, 6) is 0. The van der Waals surface area contributed by atoms with Crippen molar-refractivity contribution in [2.24, 2.45) is 5.73 Å². The summed E-state index contributed by atoms with van der Waals surface area (Å²) < 4.78 is 0. The monoisotopic (exact) mass is 266 g/mol. The van der Waals surface area contributed by atoms with Gasteiger partial charge in [-0.25, -0.2) is 0 Å². The molecule has 1 aromatic heterocycles. The number of aromatic nitrogens is 1. The van der Waals surface area contributed by atoms with E-state index in [1.54, 1.807) is 18.5 Å². The van der Waals surface area contributed by atoms with E-state index in [0.29, 0.717) is 12.1 Å². The molecular weight excluding hydrogens is 248 g/mol. The highest BCUT2D eigenvalue weighted by molar-refractivity contribution is 5.57. The molecule has 0 saturated carbocycles. The Morgan fingerprint density at radius 1 is 1.20 bits per heavy atom. The number of pyridine rings is 1. The molecule has 2 N–H and O–H groups in total. The topological polar surface area (TPSA) is 65.9 Å². The van der Waals surface area contributed by atoms with Crippen LogP contribution in [0.2, 0.25) is 0 Å². The molecule has 102 valence electrons. The van der Waals surface area contributed by atoms with E-state index in [9.17, 15) is 5.26 Å². The van der Waals surface area contributed by atoms with Crippen LogP contribution in [0.15, 0.2) is 48.8 Å². The minimum absolute atomic E-state index is 0.632. The van der Waals surface area contributed by atoms with Crippen LogP contribution in [0.3, 0.4) is 0 Å². The van der Waals surface area contributed by atoms with Gasteiger partial charge in [-0.15, -0.1) is 0 Å². The predicted octanol–water partition coefficient (Wildman–Crippen LogP) is 2.31. The maximum absolute atomic E-state index is 9.23. The molecule has 2 rings (SSSR count). The molecule has 0 fully saturated rings. The summed E-state index contributed by atoms with van der Waals surface area (Å²) >= 11 is 0. The Morgan fingerprint density at radius 3 is 2.70 bits per heavy atom. The molecule has 0 amide bonds. The van der Waals surface area contributed by atoms with Crippen LogP contribution in [0, 0.1) is 11.3 Å². The quantitative estimate of drug-likeness (QED) is 0.871. The van der Waals surface area contributed by atoms with Crippen molar-refractivity contribution >= 4 is 5.69 Å². The van der Waals surface area contributed by atoms with Gasteiger partial charge in [-0.3, -0.25) is 4.98 Å². The summed E-state index contributed by atoms with van der Waals surface area (Å²) in [6, 6.07) is 14.2. The van der Waals surface area contributed by atoms with E-state index in [2.05, 4.69) is 28.1 Å². The van der Waals surface area contributed by atoms with Crippen LogP contribution < -0.4 is 10.6 Å². The smallest absolute Gasteiger partial charge is 0.101 e. The zero-order chi connectivity index (χ0) is 14.2. The summed E-state index contributed by atoms with van der Waals surface area (Å²) in [6.07, 6.45) is 4.27. The first kappa shape index (κ1) is 14.0. The average Bonchev–Trinajstić information content (AvgIpc) is 2.52. The highest BCUT2D eigenvalue weighted by Crippen LogP contribution is 2.20. The van der Waals surface area contributed by atoms with Gasteiger partial charge in [0.05, 0.1) is 17.4 Å². The first-order valence-corrected chi connectivity index (χ1v) is 6.68. The number of benzene rings is 1. The Balaban J connectivity index is 2.25. The number of rotatable bonds is 6. The molecule has 1 heterocycles. The minimum atomic E-state index is 0.632. The second kappa shape index (κ2) is 7.27. The lowest BCUT2D eigenvalue weighted by molar-refractivity contribution is 0.733. The van der Waals surface area contributed by atoms with Crippen molar-refractivity contribution in [1.82, 2.24) is 4.98 Å². The van der Waals surface area contributed by atoms with Crippen LogP contribution in [0.1, 0.15) is 17.5 Å². The molecule has 4 nitrogen and oxygen atoms in total. The number of nitrogens with two attached hydrogens (primary N) is 1. The summed E-state index contributed by atoms with van der Waals surface area (Å²) in [5, 5.41) is 9.23. The Morgan fingerprint density at radius 2 is 2.00 bits per heavy atom. The molecule has 0 bridgehead atoms. The second-order valence-corrected chi connectivity index (χ2v) is 4.55. The fraction of sp³-hybridized carbons (Fsp3) is 0.250. The van der Waals surface area contributed by atoms with Gasteiger partial charge in [0.15, 0.2) is 0 Å². The Kier molecular flexibility index (Phi) is 5.10. The third-order valence-electron chi connectivity index (χ3n) is 3.11. The molecule has 0 spiro atoms. The number of hydrogen-bond donors (Lipinski definition) is 1. The Bertz CT molecular complexity index is 575. The minimum Gasteiger partial charge on any atom is -0.365 e. The molecule has 2 aromatic rings. The third-order valence-corrected chi connectivity index (χ3v) is 3.11. The molecule has 0 radical (unpaired) electrons. The van der Waals surface area contributed by atoms with Gasteiger partial charge in [0, 0.05) is 19.3 Å². The maximum Gasteiger partial charge on any atom is 0.101 e. The van der Waals surface area contributed by atoms with Crippen molar-refractivity contribution in [3.8, 4) is 6.07 Å². The van der Waals surface area contributed by atoms with Crippen LogP contribution in [-0.2, 0) is 6.54 Å². The van der Waals surface area contributed by atoms with Crippen LogP contribution in [0.25, 0.3) is 0 Å². The highest BCUT2D eigenvalue weighted by atomic mass is 15.1. The van der Waals surface area contributed by atoms with Gasteiger partial charge in [0.2, 0.25) is 0 Å². The van der Waals surface area contributed by atoms with Crippen molar-refractivity contribution in [3.63, 3.8) is 0 Å². The average molecular weight is 266 g/mol. The first-order chi connectivity index (χ1) is 9.85. The van der Waals surface area contributed by atoms with Crippen molar-refractivity contribution in [2.75, 3.05) is 18.0 Å². The normalized spacial score (nSPS) is 10.0. The summed E-state index contributed by atoms with van der Waals surface area (Å²) in [7, 11) is 0. The van der Waals surface area contributed by atoms with Gasteiger partial charge in [0.25, 0.3) is 0 Å². The largest absolute Gasteiger partial charge is 0.365 e. The van der Waals surface area contributed by atoms with Gasteiger partial charge >= 0.3 is 0 Å². The fourth-order valence-electron chi connectivity index (χ4n) is 2.10. The van der Waals surface area contributed by atoms with E-state index in [1.165, 1.54) is 5.56 Å². The number of nitriles is 1. The van der Waals surface area contributed by atoms with E-state index in [4.69, 9.17) is 5.73 Å². The predicted molar refractivity (Wildman–Crippen MR) is 80.1 cm³/mol. The molecule has 0 aliphatic rings. The molecule has 20 heavy (non-hydrogen) atoms.